The van der Waals surface area contributed by atoms with Crippen LogP contribution in [0.1, 0.15) is 36.1 Å². The van der Waals surface area contributed by atoms with E-state index in [9.17, 15) is 9.59 Å². The van der Waals surface area contributed by atoms with Crippen molar-refractivity contribution in [1.82, 2.24) is 15.1 Å². The minimum atomic E-state index is -0.0305. The Kier molecular flexibility index (Phi) is 5.94. The molecule has 1 unspecified atom stereocenters. The molecule has 1 aromatic heterocycles. The molecule has 2 N–H and O–H groups in total. The van der Waals surface area contributed by atoms with E-state index >= 15 is 0 Å². The zero-order valence-corrected chi connectivity index (χ0v) is 16.6. The van der Waals surface area contributed by atoms with Crippen molar-refractivity contribution in [2.75, 3.05) is 6.54 Å². The number of aromatic nitrogens is 2. The van der Waals surface area contributed by atoms with Gasteiger partial charge in [-0.2, -0.15) is 0 Å². The van der Waals surface area contributed by atoms with Crippen LogP contribution in [0.2, 0.25) is 0 Å². The molecule has 1 atom stereocenters. The molecule has 0 fully saturated rings. The lowest BCUT2D eigenvalue weighted by Crippen LogP contribution is -2.32. The van der Waals surface area contributed by atoms with Crippen molar-refractivity contribution >= 4 is 5.91 Å². The van der Waals surface area contributed by atoms with Crippen molar-refractivity contribution in [3.05, 3.63) is 87.8 Å². The largest absolute Gasteiger partial charge is 0.356 e. The van der Waals surface area contributed by atoms with Gasteiger partial charge in [0.15, 0.2) is 0 Å². The van der Waals surface area contributed by atoms with Crippen molar-refractivity contribution in [2.24, 2.45) is 5.92 Å². The summed E-state index contributed by atoms with van der Waals surface area (Å²) < 4.78 is 1.62. The molecule has 5 heteroatoms. The normalized spacial score (nSPS) is 16.1. The average Bonchev–Trinajstić information content (AvgIpc) is 2.94. The van der Waals surface area contributed by atoms with Gasteiger partial charge in [0.05, 0.1) is 5.69 Å². The first-order valence-corrected chi connectivity index (χ1v) is 10.4. The monoisotopic (exact) mass is 389 g/mol. The number of hydrogen-bond donors (Lipinski definition) is 2. The second-order valence-corrected chi connectivity index (χ2v) is 7.70. The molecular weight excluding hydrogens is 362 g/mol. The second kappa shape index (κ2) is 8.95. The van der Waals surface area contributed by atoms with Gasteiger partial charge < -0.3 is 5.32 Å². The molecule has 0 saturated heterocycles. The van der Waals surface area contributed by atoms with Crippen LogP contribution in [0.15, 0.2) is 65.5 Å². The van der Waals surface area contributed by atoms with Crippen molar-refractivity contribution < 1.29 is 4.79 Å². The Morgan fingerprint density at radius 2 is 1.69 bits per heavy atom. The third-order valence-electron chi connectivity index (χ3n) is 5.73. The number of nitrogens with one attached hydrogen (secondary N) is 2. The van der Waals surface area contributed by atoms with E-state index < -0.39 is 0 Å². The number of aryl methyl sites for hydroxylation is 2. The van der Waals surface area contributed by atoms with Crippen LogP contribution in [0.3, 0.4) is 0 Å². The number of nitrogens with zero attached hydrogens (tertiary/aromatic N) is 1. The maximum absolute atomic E-state index is 12.8. The number of benzene rings is 2. The van der Waals surface area contributed by atoms with Gasteiger partial charge in [0.2, 0.25) is 5.91 Å². The Labute approximate surface area is 170 Å². The van der Waals surface area contributed by atoms with E-state index in [1.54, 1.807) is 4.68 Å². The molecule has 4 rings (SSSR count). The Hall–Kier alpha value is -3.08. The maximum atomic E-state index is 12.8. The summed E-state index contributed by atoms with van der Waals surface area (Å²) in [4.78, 5) is 25.4. The van der Waals surface area contributed by atoms with Gasteiger partial charge in [0, 0.05) is 23.7 Å². The highest BCUT2D eigenvalue weighted by atomic mass is 16.2. The summed E-state index contributed by atoms with van der Waals surface area (Å²) in [5.41, 5.74) is 3.95. The highest BCUT2D eigenvalue weighted by Gasteiger charge is 2.25. The van der Waals surface area contributed by atoms with Crippen molar-refractivity contribution in [1.29, 1.82) is 0 Å². The molecular formula is C24H27N3O2. The molecule has 150 valence electrons. The Morgan fingerprint density at radius 1 is 1.00 bits per heavy atom. The van der Waals surface area contributed by atoms with E-state index in [0.717, 1.165) is 49.0 Å². The summed E-state index contributed by atoms with van der Waals surface area (Å²) >= 11 is 0. The van der Waals surface area contributed by atoms with Gasteiger partial charge >= 0.3 is 0 Å². The summed E-state index contributed by atoms with van der Waals surface area (Å²) in [5.74, 6) is 0.0868. The molecule has 1 aliphatic carbocycles. The summed E-state index contributed by atoms with van der Waals surface area (Å²) in [6.45, 7) is 0.691. The van der Waals surface area contributed by atoms with Gasteiger partial charge in [0.25, 0.3) is 5.56 Å². The molecule has 5 nitrogen and oxygen atoms in total. The minimum absolute atomic E-state index is 0.00937. The zero-order chi connectivity index (χ0) is 20.1. The predicted octanol–water partition coefficient (Wildman–Crippen LogP) is 3.41. The van der Waals surface area contributed by atoms with Crippen molar-refractivity contribution in [3.63, 3.8) is 0 Å². The third kappa shape index (κ3) is 4.50. The topological polar surface area (TPSA) is 66.9 Å². The first kappa shape index (κ1) is 19.2. The van der Waals surface area contributed by atoms with Crippen LogP contribution in [-0.2, 0) is 24.1 Å². The van der Waals surface area contributed by atoms with Crippen molar-refractivity contribution in [2.45, 2.75) is 38.5 Å². The number of carbonyl (C=O) groups is 1. The van der Waals surface area contributed by atoms with Crippen LogP contribution in [0.5, 0.6) is 0 Å². The van der Waals surface area contributed by atoms with Crippen LogP contribution in [0.4, 0.5) is 0 Å². The van der Waals surface area contributed by atoms with E-state index in [4.69, 9.17) is 0 Å². The molecule has 1 amide bonds. The lowest BCUT2D eigenvalue weighted by molar-refractivity contribution is -0.125. The quantitative estimate of drug-likeness (QED) is 0.501. The van der Waals surface area contributed by atoms with Crippen LogP contribution < -0.4 is 10.9 Å². The molecule has 0 spiro atoms. The first-order valence-electron chi connectivity index (χ1n) is 10.4. The van der Waals surface area contributed by atoms with E-state index in [1.165, 1.54) is 5.56 Å². The second-order valence-electron chi connectivity index (χ2n) is 7.70. The highest BCUT2D eigenvalue weighted by Crippen LogP contribution is 2.22. The molecule has 3 aromatic rings. The third-order valence-corrected chi connectivity index (χ3v) is 5.73. The summed E-state index contributed by atoms with van der Waals surface area (Å²) in [6, 6.07) is 19.9. The molecule has 0 bridgehead atoms. The molecule has 0 radical (unpaired) electrons. The van der Waals surface area contributed by atoms with Crippen LogP contribution in [-0.4, -0.2) is 22.2 Å². The zero-order valence-electron chi connectivity index (χ0n) is 16.6. The number of hydrogen-bond acceptors (Lipinski definition) is 2. The lowest BCUT2D eigenvalue weighted by atomic mass is 9.98. The lowest BCUT2D eigenvalue weighted by Gasteiger charge is -2.14. The van der Waals surface area contributed by atoms with E-state index in [2.05, 4.69) is 22.5 Å². The molecule has 2 aromatic carbocycles. The number of para-hydroxylation sites is 1. The summed E-state index contributed by atoms with van der Waals surface area (Å²) in [6.07, 6.45) is 4.77. The van der Waals surface area contributed by atoms with E-state index in [0.29, 0.717) is 13.0 Å². The van der Waals surface area contributed by atoms with Gasteiger partial charge in [-0.25, -0.2) is 4.68 Å². The van der Waals surface area contributed by atoms with Gasteiger partial charge in [-0.1, -0.05) is 48.5 Å². The fraction of sp³-hybridized carbons (Fsp3) is 0.333. The number of carbonyl (C=O) groups excluding carboxylic acids is 1. The number of amides is 1. The standard InChI is InChI=1S/C24H27N3O2/c28-23(25-17-7-10-18-8-3-1-4-9-18)19-13-15-21-22(16-14-19)26-27(24(21)29)20-11-5-2-6-12-20/h1-6,8-9,11-12,19,26H,7,10,13-17H2,(H,25,28). The summed E-state index contributed by atoms with van der Waals surface area (Å²) in [7, 11) is 0. The van der Waals surface area contributed by atoms with E-state index in [-0.39, 0.29) is 17.4 Å². The number of fused-ring (bicyclic) bond motifs is 1. The molecule has 29 heavy (non-hydrogen) atoms. The smallest absolute Gasteiger partial charge is 0.274 e. The number of H-pyrrole nitrogens is 1. The van der Waals surface area contributed by atoms with Gasteiger partial charge in [-0.05, 0) is 56.2 Å². The molecule has 0 aliphatic heterocycles. The fourth-order valence-corrected chi connectivity index (χ4v) is 4.08. The molecule has 1 heterocycles. The Balaban J connectivity index is 1.31. The van der Waals surface area contributed by atoms with Crippen molar-refractivity contribution in [3.8, 4) is 5.69 Å². The van der Waals surface area contributed by atoms with Crippen LogP contribution >= 0.6 is 0 Å². The van der Waals surface area contributed by atoms with Crippen LogP contribution in [0, 0.1) is 5.92 Å². The molecule has 0 saturated carbocycles. The average molecular weight is 389 g/mol. The fourth-order valence-electron chi connectivity index (χ4n) is 4.08. The maximum Gasteiger partial charge on any atom is 0.274 e. The highest BCUT2D eigenvalue weighted by molar-refractivity contribution is 5.78. The SMILES string of the molecule is O=C(NCCCc1ccccc1)C1CCc2[nH]n(-c3ccccc3)c(=O)c2CC1. The van der Waals surface area contributed by atoms with Gasteiger partial charge in [0.1, 0.15) is 0 Å². The van der Waals surface area contributed by atoms with Gasteiger partial charge in [-0.3, -0.25) is 14.7 Å². The molecule has 1 aliphatic rings. The Morgan fingerprint density at radius 3 is 2.45 bits per heavy atom. The summed E-state index contributed by atoms with van der Waals surface area (Å²) in [5, 5.41) is 6.35. The van der Waals surface area contributed by atoms with Gasteiger partial charge in [-0.15, -0.1) is 0 Å². The van der Waals surface area contributed by atoms with E-state index in [1.807, 2.05) is 48.5 Å². The van der Waals surface area contributed by atoms with Crippen LogP contribution in [0.25, 0.3) is 5.69 Å². The minimum Gasteiger partial charge on any atom is -0.356 e. The Bertz CT molecular complexity index is 1010. The predicted molar refractivity (Wildman–Crippen MR) is 114 cm³/mol. The number of aromatic amines is 1. The number of rotatable bonds is 6. The first-order chi connectivity index (χ1) is 14.2.